The van der Waals surface area contributed by atoms with Gasteiger partial charge in [-0.3, -0.25) is 0 Å². The van der Waals surface area contributed by atoms with Crippen molar-refractivity contribution in [3.05, 3.63) is 70.2 Å². The zero-order chi connectivity index (χ0) is 22.7. The van der Waals surface area contributed by atoms with Crippen LogP contribution in [0.5, 0.6) is 0 Å². The number of rotatable bonds is 8. The molecule has 0 aliphatic carbocycles. The van der Waals surface area contributed by atoms with Crippen molar-refractivity contribution in [2.75, 3.05) is 24.2 Å². The van der Waals surface area contributed by atoms with Gasteiger partial charge in [-0.1, -0.05) is 30.3 Å². The highest BCUT2D eigenvalue weighted by atomic mass is 32.2. The standard InChI is InChI=1S/C23H26N6O2S2/c30-33(31,13-10-17-4-2-1-3-5-17)29-11-8-18(9-12-29)23-25-20(16-32-23)15-24-19-6-7-21-22(14-19)27-28-26-21/h1-7,14,16,18,24H,8-13,15H2,(H,26,27,28). The third-order valence-electron chi connectivity index (χ3n) is 6.05. The monoisotopic (exact) mass is 482 g/mol. The molecule has 0 saturated carbocycles. The van der Waals surface area contributed by atoms with Crippen LogP contribution in [0.3, 0.4) is 0 Å². The molecule has 0 amide bonds. The van der Waals surface area contributed by atoms with Gasteiger partial charge in [0.15, 0.2) is 0 Å². The van der Waals surface area contributed by atoms with Gasteiger partial charge in [0.05, 0.1) is 23.0 Å². The minimum Gasteiger partial charge on any atom is -0.379 e. The number of aryl methyl sites for hydroxylation is 1. The van der Waals surface area contributed by atoms with Gasteiger partial charge in [0.1, 0.15) is 11.0 Å². The van der Waals surface area contributed by atoms with E-state index in [1.54, 1.807) is 15.6 Å². The van der Waals surface area contributed by atoms with Crippen LogP contribution in [-0.2, 0) is 23.0 Å². The van der Waals surface area contributed by atoms with Crippen LogP contribution in [0.1, 0.15) is 35.0 Å². The van der Waals surface area contributed by atoms with Crippen LogP contribution in [0.4, 0.5) is 5.69 Å². The van der Waals surface area contributed by atoms with Crippen molar-refractivity contribution in [1.82, 2.24) is 24.7 Å². The molecular weight excluding hydrogens is 456 g/mol. The van der Waals surface area contributed by atoms with Crippen LogP contribution >= 0.6 is 11.3 Å². The molecule has 1 aliphatic rings. The lowest BCUT2D eigenvalue weighted by Gasteiger charge is -2.30. The quantitative estimate of drug-likeness (QED) is 0.396. The molecule has 172 valence electrons. The van der Waals surface area contributed by atoms with Gasteiger partial charge >= 0.3 is 0 Å². The zero-order valence-corrected chi connectivity index (χ0v) is 19.8. The van der Waals surface area contributed by atoms with E-state index in [4.69, 9.17) is 4.98 Å². The number of hydrogen-bond donors (Lipinski definition) is 2. The number of piperidine rings is 1. The average molecular weight is 483 g/mol. The van der Waals surface area contributed by atoms with Gasteiger partial charge < -0.3 is 5.32 Å². The van der Waals surface area contributed by atoms with E-state index in [0.717, 1.165) is 45.8 Å². The summed E-state index contributed by atoms with van der Waals surface area (Å²) < 4.78 is 27.2. The maximum absolute atomic E-state index is 12.8. The number of aromatic nitrogens is 4. The Morgan fingerprint density at radius 3 is 2.67 bits per heavy atom. The Bertz CT molecular complexity index is 1310. The summed E-state index contributed by atoms with van der Waals surface area (Å²) in [5.74, 6) is 0.477. The van der Waals surface area contributed by atoms with Gasteiger partial charge in [-0.05, 0) is 43.0 Å². The van der Waals surface area contributed by atoms with Crippen molar-refractivity contribution in [2.45, 2.75) is 31.7 Å². The number of aromatic amines is 1. The molecule has 0 spiro atoms. The van der Waals surface area contributed by atoms with E-state index in [2.05, 4.69) is 26.1 Å². The number of nitrogens with one attached hydrogen (secondary N) is 2. The first-order valence-electron chi connectivity index (χ1n) is 11.1. The summed E-state index contributed by atoms with van der Waals surface area (Å²) in [4.78, 5) is 4.82. The molecule has 8 nitrogen and oxygen atoms in total. The minimum atomic E-state index is -3.24. The Hall–Kier alpha value is -2.82. The number of sulfonamides is 1. The van der Waals surface area contributed by atoms with E-state index in [-0.39, 0.29) is 5.75 Å². The molecule has 0 atom stereocenters. The Morgan fingerprint density at radius 1 is 1.06 bits per heavy atom. The largest absolute Gasteiger partial charge is 0.379 e. The molecule has 0 unspecified atom stereocenters. The highest BCUT2D eigenvalue weighted by Gasteiger charge is 2.29. The summed E-state index contributed by atoms with van der Waals surface area (Å²) in [6.07, 6.45) is 2.18. The van der Waals surface area contributed by atoms with Gasteiger partial charge in [0.25, 0.3) is 0 Å². The van der Waals surface area contributed by atoms with Crippen LogP contribution in [0.2, 0.25) is 0 Å². The molecule has 10 heteroatoms. The predicted molar refractivity (Wildman–Crippen MR) is 131 cm³/mol. The van der Waals surface area contributed by atoms with Crippen molar-refractivity contribution in [3.8, 4) is 0 Å². The lowest BCUT2D eigenvalue weighted by atomic mass is 9.99. The zero-order valence-electron chi connectivity index (χ0n) is 18.1. The van der Waals surface area contributed by atoms with Gasteiger partial charge in [-0.2, -0.15) is 15.4 Å². The van der Waals surface area contributed by atoms with E-state index in [1.165, 1.54) is 0 Å². The maximum atomic E-state index is 12.8. The number of nitrogens with zero attached hydrogens (tertiary/aromatic N) is 4. The third-order valence-corrected chi connectivity index (χ3v) is 8.98. The SMILES string of the molecule is O=S(=O)(CCc1ccccc1)N1CCC(c2nc(CNc3ccc4n[nH]nc4c3)cs2)CC1. The molecule has 0 bridgehead atoms. The van der Waals surface area contributed by atoms with Crippen molar-refractivity contribution >= 4 is 38.1 Å². The summed E-state index contributed by atoms with van der Waals surface area (Å²) in [5.41, 5.74) is 4.68. The topological polar surface area (TPSA) is 104 Å². The Kier molecular flexibility index (Phi) is 6.39. The molecular formula is C23H26N6O2S2. The van der Waals surface area contributed by atoms with Crippen LogP contribution in [0, 0.1) is 0 Å². The fourth-order valence-electron chi connectivity index (χ4n) is 4.14. The first kappa shape index (κ1) is 22.0. The number of fused-ring (bicyclic) bond motifs is 1. The van der Waals surface area contributed by atoms with E-state index in [1.807, 2.05) is 48.5 Å². The highest BCUT2D eigenvalue weighted by molar-refractivity contribution is 7.89. The summed E-state index contributed by atoms with van der Waals surface area (Å²) in [7, 11) is -3.24. The fourth-order valence-corrected chi connectivity index (χ4v) is 6.65. The third kappa shape index (κ3) is 5.23. The Morgan fingerprint density at radius 2 is 1.85 bits per heavy atom. The summed E-state index contributed by atoms with van der Waals surface area (Å²) in [5, 5.41) is 17.4. The summed E-state index contributed by atoms with van der Waals surface area (Å²) in [6.45, 7) is 1.76. The van der Waals surface area contributed by atoms with Gasteiger partial charge in [0, 0.05) is 30.1 Å². The van der Waals surface area contributed by atoms with Gasteiger partial charge in [-0.15, -0.1) is 11.3 Å². The molecule has 5 rings (SSSR count). The normalized spacial score (nSPS) is 15.8. The molecule has 33 heavy (non-hydrogen) atoms. The Labute approximate surface area is 197 Å². The molecule has 2 N–H and O–H groups in total. The van der Waals surface area contributed by atoms with Gasteiger partial charge in [0.2, 0.25) is 10.0 Å². The van der Waals surface area contributed by atoms with Crippen molar-refractivity contribution in [3.63, 3.8) is 0 Å². The van der Waals surface area contributed by atoms with Gasteiger partial charge in [-0.25, -0.2) is 17.7 Å². The molecule has 3 heterocycles. The molecule has 1 aliphatic heterocycles. The van der Waals surface area contributed by atoms with E-state index in [9.17, 15) is 8.42 Å². The molecule has 1 saturated heterocycles. The average Bonchev–Trinajstić information content (AvgIpc) is 3.52. The summed E-state index contributed by atoms with van der Waals surface area (Å²) >= 11 is 1.66. The minimum absolute atomic E-state index is 0.162. The molecule has 0 radical (unpaired) electrons. The second-order valence-electron chi connectivity index (χ2n) is 8.28. The smallest absolute Gasteiger partial charge is 0.214 e. The number of anilines is 1. The first-order valence-corrected chi connectivity index (χ1v) is 13.6. The van der Waals surface area contributed by atoms with Crippen molar-refractivity contribution in [2.24, 2.45) is 0 Å². The second-order valence-corrected chi connectivity index (χ2v) is 11.3. The highest BCUT2D eigenvalue weighted by Crippen LogP contribution is 2.31. The molecule has 2 aromatic carbocycles. The summed E-state index contributed by atoms with van der Waals surface area (Å²) in [6, 6.07) is 15.6. The molecule has 1 fully saturated rings. The van der Waals surface area contributed by atoms with E-state index < -0.39 is 10.0 Å². The fraction of sp³-hybridized carbons (Fsp3) is 0.348. The van der Waals surface area contributed by atoms with E-state index >= 15 is 0 Å². The van der Waals surface area contributed by atoms with Crippen LogP contribution in [-0.4, -0.2) is 52.0 Å². The van der Waals surface area contributed by atoms with Crippen molar-refractivity contribution < 1.29 is 8.42 Å². The van der Waals surface area contributed by atoms with Crippen LogP contribution in [0.15, 0.2) is 53.9 Å². The second kappa shape index (κ2) is 9.58. The van der Waals surface area contributed by atoms with Crippen molar-refractivity contribution in [1.29, 1.82) is 0 Å². The molecule has 2 aromatic heterocycles. The number of thiazole rings is 1. The van der Waals surface area contributed by atoms with Crippen LogP contribution < -0.4 is 5.32 Å². The first-order chi connectivity index (χ1) is 16.1. The van der Waals surface area contributed by atoms with Crippen LogP contribution in [0.25, 0.3) is 11.0 Å². The lowest BCUT2D eigenvalue weighted by molar-refractivity contribution is 0.319. The molecule has 4 aromatic rings. The lowest BCUT2D eigenvalue weighted by Crippen LogP contribution is -2.39. The maximum Gasteiger partial charge on any atom is 0.214 e. The number of H-pyrrole nitrogens is 1. The van der Waals surface area contributed by atoms with E-state index in [0.29, 0.717) is 32.0 Å². The predicted octanol–water partition coefficient (Wildman–Crippen LogP) is 3.78. The number of benzene rings is 2. The number of hydrogen-bond acceptors (Lipinski definition) is 7. The Balaban J connectivity index is 1.13.